The van der Waals surface area contributed by atoms with Crippen molar-refractivity contribution in [3.63, 3.8) is 0 Å². The average molecular weight is 1160 g/mol. The standard InChI is InChI=1S/C74H130O9/c1-53(2)25-19-31-59(13)37-43-77-67-49-65(50-68(78-44-38-60(14)32-20-26-54(3)4)71(67)81-47-41-63(17)35-23-29-57(9)10)73(75)83-74(76)66-51-69(79-45-39-61(15)33-21-27-55(5)6)72(82-48-42-64(18)36-24-30-58(11)12)70(52-66)80-46-40-62(16)34-22-28-56(7)8/h49-64H,19-48H2,1-18H3/t59-,60-,61-,62-,63-,64-/m1/s1. The number of carbonyl (C=O) groups excluding carboxylic acids is 2. The lowest BCUT2D eigenvalue weighted by molar-refractivity contribution is 0.0395. The van der Waals surface area contributed by atoms with Gasteiger partial charge in [-0.1, -0.05) is 240 Å². The van der Waals surface area contributed by atoms with Crippen LogP contribution in [0.15, 0.2) is 24.3 Å². The van der Waals surface area contributed by atoms with Crippen molar-refractivity contribution >= 4 is 11.9 Å². The zero-order valence-electron chi connectivity index (χ0n) is 57.1. The highest BCUT2D eigenvalue weighted by Gasteiger charge is 2.26. The van der Waals surface area contributed by atoms with Crippen LogP contribution < -0.4 is 28.4 Å². The van der Waals surface area contributed by atoms with Crippen LogP contribution in [0.2, 0.25) is 0 Å². The van der Waals surface area contributed by atoms with E-state index in [-0.39, 0.29) is 11.1 Å². The normalized spacial score (nSPS) is 14.1. The zero-order valence-corrected chi connectivity index (χ0v) is 57.1. The van der Waals surface area contributed by atoms with E-state index in [1.54, 1.807) is 24.3 Å². The number of carbonyl (C=O) groups is 2. The molecule has 0 bridgehead atoms. The van der Waals surface area contributed by atoms with Gasteiger partial charge in [0.15, 0.2) is 23.0 Å². The number of ether oxygens (including phenoxy) is 7. The Hall–Kier alpha value is -3.62. The largest absolute Gasteiger partial charge is 0.490 e. The molecule has 0 N–H and O–H groups in total. The molecular weight excluding hydrogens is 1030 g/mol. The van der Waals surface area contributed by atoms with Crippen molar-refractivity contribution in [1.29, 1.82) is 0 Å². The summed E-state index contributed by atoms with van der Waals surface area (Å²) in [5.41, 5.74) is 0.307. The fourth-order valence-electron chi connectivity index (χ4n) is 10.6. The van der Waals surface area contributed by atoms with Gasteiger partial charge in [0.2, 0.25) is 11.5 Å². The molecule has 0 heterocycles. The maximum atomic E-state index is 14.6. The van der Waals surface area contributed by atoms with Gasteiger partial charge in [-0.25, -0.2) is 9.59 Å². The number of hydrogen-bond acceptors (Lipinski definition) is 9. The summed E-state index contributed by atoms with van der Waals surface area (Å²) in [6, 6.07) is 6.71. The summed E-state index contributed by atoms with van der Waals surface area (Å²) in [6.45, 7) is 43.8. The van der Waals surface area contributed by atoms with Crippen LogP contribution in [0.5, 0.6) is 34.5 Å². The third-order valence-corrected chi connectivity index (χ3v) is 16.8. The average Bonchev–Trinajstić information content (AvgIpc) is 3.47. The molecule has 2 aromatic carbocycles. The van der Waals surface area contributed by atoms with E-state index in [1.165, 1.54) is 77.0 Å². The van der Waals surface area contributed by atoms with Gasteiger partial charge in [-0.05, 0) is 134 Å². The molecule has 0 saturated heterocycles. The van der Waals surface area contributed by atoms with E-state index in [4.69, 9.17) is 33.2 Å². The number of benzene rings is 2. The second-order valence-electron chi connectivity index (χ2n) is 28.7. The molecule has 0 unspecified atom stereocenters. The lowest BCUT2D eigenvalue weighted by Crippen LogP contribution is -2.16. The van der Waals surface area contributed by atoms with Crippen LogP contribution in [0.4, 0.5) is 0 Å². The molecule has 0 spiro atoms. The van der Waals surface area contributed by atoms with Gasteiger partial charge in [0, 0.05) is 0 Å². The molecule has 9 nitrogen and oxygen atoms in total. The molecule has 0 aliphatic heterocycles. The minimum absolute atomic E-state index is 0.154. The smallest absolute Gasteiger partial charge is 0.346 e. The minimum atomic E-state index is -0.804. The molecule has 0 aliphatic rings. The van der Waals surface area contributed by atoms with Crippen molar-refractivity contribution in [2.45, 2.75) is 279 Å². The lowest BCUT2D eigenvalue weighted by Gasteiger charge is -2.21. The molecule has 0 saturated carbocycles. The summed E-state index contributed by atoms with van der Waals surface area (Å²) in [5.74, 6) is 7.94. The van der Waals surface area contributed by atoms with E-state index >= 15 is 0 Å². The van der Waals surface area contributed by atoms with Crippen LogP contribution in [-0.2, 0) is 4.74 Å². The van der Waals surface area contributed by atoms with Gasteiger partial charge in [-0.3, -0.25) is 0 Å². The highest BCUT2D eigenvalue weighted by molar-refractivity contribution is 6.03. The van der Waals surface area contributed by atoms with Crippen molar-refractivity contribution in [3.8, 4) is 34.5 Å². The van der Waals surface area contributed by atoms with Gasteiger partial charge < -0.3 is 33.2 Å². The topological polar surface area (TPSA) is 98.8 Å². The summed E-state index contributed by atoms with van der Waals surface area (Å²) >= 11 is 0. The molecule has 480 valence electrons. The van der Waals surface area contributed by atoms with Gasteiger partial charge in [0.1, 0.15) is 0 Å². The van der Waals surface area contributed by atoms with E-state index < -0.39 is 11.9 Å². The monoisotopic (exact) mass is 1160 g/mol. The second-order valence-corrected chi connectivity index (χ2v) is 28.7. The zero-order chi connectivity index (χ0) is 61.7. The van der Waals surface area contributed by atoms with Crippen LogP contribution in [0, 0.1) is 71.0 Å². The van der Waals surface area contributed by atoms with E-state index in [0.29, 0.717) is 145 Å². The highest BCUT2D eigenvalue weighted by Crippen LogP contribution is 2.42. The van der Waals surface area contributed by atoms with E-state index in [1.807, 2.05) is 0 Å². The first-order chi connectivity index (χ1) is 39.4. The Labute approximate surface area is 511 Å². The SMILES string of the molecule is CC(C)CCC[C@@H](C)CCOc1cc(C(=O)OC(=O)c2cc(OCC[C@H](C)CCCC(C)C)c(OCC[C@H](C)CCCC(C)C)c(OCC[C@H](C)CCCC(C)C)c2)cc(OCC[C@H](C)CCCC(C)C)c1OCC[C@H](C)CCCC(C)C. The molecule has 6 atom stereocenters. The van der Waals surface area contributed by atoms with Gasteiger partial charge in [-0.2, -0.15) is 0 Å². The third kappa shape index (κ3) is 36.2. The molecule has 0 aliphatic carbocycles. The Bertz CT molecular complexity index is 1750. The molecule has 0 amide bonds. The Morgan fingerprint density at radius 2 is 0.446 bits per heavy atom. The lowest BCUT2D eigenvalue weighted by atomic mass is 9.97. The second kappa shape index (κ2) is 43.9. The first-order valence-corrected chi connectivity index (χ1v) is 34.3. The van der Waals surface area contributed by atoms with Crippen molar-refractivity contribution in [2.75, 3.05) is 39.6 Å². The van der Waals surface area contributed by atoms with E-state index in [2.05, 4.69) is 125 Å². The maximum Gasteiger partial charge on any atom is 0.346 e. The molecule has 0 aromatic heterocycles. The molecule has 0 fully saturated rings. The maximum absolute atomic E-state index is 14.6. The Morgan fingerprint density at radius 1 is 0.265 bits per heavy atom. The predicted molar refractivity (Wildman–Crippen MR) is 350 cm³/mol. The molecule has 2 aromatic rings. The number of hydrogen-bond donors (Lipinski definition) is 0. The van der Waals surface area contributed by atoms with Crippen LogP contribution in [0.1, 0.15) is 299 Å². The fourth-order valence-corrected chi connectivity index (χ4v) is 10.6. The van der Waals surface area contributed by atoms with Crippen LogP contribution in [0.25, 0.3) is 0 Å². The summed E-state index contributed by atoms with van der Waals surface area (Å²) in [6.07, 6.45) is 26.2. The first kappa shape index (κ1) is 75.5. The van der Waals surface area contributed by atoms with Crippen molar-refractivity contribution < 1.29 is 42.7 Å². The predicted octanol–water partition coefficient (Wildman–Crippen LogP) is 22.1. The van der Waals surface area contributed by atoms with Crippen LogP contribution in [-0.4, -0.2) is 51.6 Å². The summed E-state index contributed by atoms with van der Waals surface area (Å²) in [7, 11) is 0. The Balaban J connectivity index is 2.69. The number of esters is 2. The van der Waals surface area contributed by atoms with Gasteiger partial charge in [-0.15, -0.1) is 0 Å². The Morgan fingerprint density at radius 3 is 0.627 bits per heavy atom. The minimum Gasteiger partial charge on any atom is -0.490 e. The Kier molecular flexibility index (Phi) is 39.9. The quantitative estimate of drug-likeness (QED) is 0.0474. The van der Waals surface area contributed by atoms with Crippen molar-refractivity contribution in [1.82, 2.24) is 0 Å². The third-order valence-electron chi connectivity index (χ3n) is 16.8. The fraction of sp³-hybridized carbons (Fsp3) is 0.811. The van der Waals surface area contributed by atoms with Crippen LogP contribution in [0.3, 0.4) is 0 Å². The summed E-state index contributed by atoms with van der Waals surface area (Å²) < 4.78 is 45.9. The van der Waals surface area contributed by atoms with E-state index in [9.17, 15) is 9.59 Å². The summed E-state index contributed by atoms with van der Waals surface area (Å²) in [4.78, 5) is 29.3. The van der Waals surface area contributed by atoms with Gasteiger partial charge >= 0.3 is 11.9 Å². The van der Waals surface area contributed by atoms with E-state index in [0.717, 1.165) is 77.0 Å². The molecular formula is C74H130O9. The van der Waals surface area contributed by atoms with Crippen molar-refractivity contribution in [3.05, 3.63) is 35.4 Å². The molecule has 2 rings (SSSR count). The van der Waals surface area contributed by atoms with Crippen molar-refractivity contribution in [2.24, 2.45) is 71.0 Å². The molecule has 9 heteroatoms. The van der Waals surface area contributed by atoms with Gasteiger partial charge in [0.05, 0.1) is 50.8 Å². The van der Waals surface area contributed by atoms with Gasteiger partial charge in [0.25, 0.3) is 0 Å². The van der Waals surface area contributed by atoms with Crippen LogP contribution >= 0.6 is 0 Å². The molecule has 83 heavy (non-hydrogen) atoms. The molecule has 0 radical (unpaired) electrons. The number of rotatable bonds is 50. The first-order valence-electron chi connectivity index (χ1n) is 34.3. The highest BCUT2D eigenvalue weighted by atomic mass is 16.6. The summed E-state index contributed by atoms with van der Waals surface area (Å²) in [5, 5.41) is 0.